The van der Waals surface area contributed by atoms with Crippen molar-refractivity contribution in [3.63, 3.8) is 0 Å². The van der Waals surface area contributed by atoms with Gasteiger partial charge in [-0.2, -0.15) is 0 Å². The summed E-state index contributed by atoms with van der Waals surface area (Å²) in [6, 6.07) is 13.1. The van der Waals surface area contributed by atoms with Crippen LogP contribution in [0.5, 0.6) is 0 Å². The van der Waals surface area contributed by atoms with Crippen LogP contribution in [0.3, 0.4) is 0 Å². The number of anilines is 1. The lowest BCUT2D eigenvalue weighted by Gasteiger charge is -2.12. The van der Waals surface area contributed by atoms with Gasteiger partial charge in [0, 0.05) is 22.8 Å². The summed E-state index contributed by atoms with van der Waals surface area (Å²) in [6.45, 7) is 2.52. The number of halogens is 1. The standard InChI is InChI=1S/C15H15ClN2O/c1-10-13(15(17)19)6-3-7-14(10)18-9-11-4-2-5-12(16)8-11/h2-8,18H,9H2,1H3,(H2,17,19). The number of primary amides is 1. The molecule has 19 heavy (non-hydrogen) atoms. The fraction of sp³-hybridized carbons (Fsp3) is 0.133. The molecule has 2 aromatic rings. The van der Waals surface area contributed by atoms with Crippen LogP contribution in [0.1, 0.15) is 21.5 Å². The third-order valence-electron chi connectivity index (χ3n) is 2.97. The van der Waals surface area contributed by atoms with E-state index >= 15 is 0 Å². The molecule has 0 spiro atoms. The summed E-state index contributed by atoms with van der Waals surface area (Å²) in [7, 11) is 0. The van der Waals surface area contributed by atoms with Gasteiger partial charge in [0.15, 0.2) is 0 Å². The number of carbonyl (C=O) groups is 1. The number of hydrogen-bond acceptors (Lipinski definition) is 2. The summed E-state index contributed by atoms with van der Waals surface area (Å²) < 4.78 is 0. The smallest absolute Gasteiger partial charge is 0.249 e. The zero-order valence-corrected chi connectivity index (χ0v) is 11.4. The Hall–Kier alpha value is -2.00. The van der Waals surface area contributed by atoms with Gasteiger partial charge in [-0.05, 0) is 42.3 Å². The van der Waals surface area contributed by atoms with Crippen molar-refractivity contribution in [3.8, 4) is 0 Å². The molecule has 0 unspecified atom stereocenters. The molecule has 98 valence electrons. The monoisotopic (exact) mass is 274 g/mol. The van der Waals surface area contributed by atoms with E-state index in [1.54, 1.807) is 6.07 Å². The quantitative estimate of drug-likeness (QED) is 0.898. The number of nitrogens with two attached hydrogens (primary N) is 1. The van der Waals surface area contributed by atoms with Gasteiger partial charge in [0.2, 0.25) is 5.91 Å². The molecule has 2 aromatic carbocycles. The predicted molar refractivity (Wildman–Crippen MR) is 78.5 cm³/mol. The second-order valence-electron chi connectivity index (χ2n) is 4.33. The maximum absolute atomic E-state index is 11.3. The van der Waals surface area contributed by atoms with Crippen LogP contribution in [-0.2, 0) is 6.54 Å². The van der Waals surface area contributed by atoms with E-state index in [0.717, 1.165) is 16.8 Å². The van der Waals surface area contributed by atoms with E-state index in [1.807, 2.05) is 43.3 Å². The van der Waals surface area contributed by atoms with Gasteiger partial charge in [0.05, 0.1) is 0 Å². The molecule has 3 N–H and O–H groups in total. The summed E-state index contributed by atoms with van der Waals surface area (Å²) in [4.78, 5) is 11.3. The Kier molecular flexibility index (Phi) is 4.07. The molecule has 0 bridgehead atoms. The van der Waals surface area contributed by atoms with E-state index in [4.69, 9.17) is 17.3 Å². The van der Waals surface area contributed by atoms with Crippen LogP contribution in [0.15, 0.2) is 42.5 Å². The van der Waals surface area contributed by atoms with Crippen LogP contribution >= 0.6 is 11.6 Å². The van der Waals surface area contributed by atoms with Gasteiger partial charge in [-0.15, -0.1) is 0 Å². The average Bonchev–Trinajstić information content (AvgIpc) is 2.37. The Morgan fingerprint density at radius 1 is 1.26 bits per heavy atom. The van der Waals surface area contributed by atoms with Crippen LogP contribution in [0.2, 0.25) is 5.02 Å². The first-order valence-corrected chi connectivity index (χ1v) is 6.33. The SMILES string of the molecule is Cc1c(NCc2cccc(Cl)c2)cccc1C(N)=O. The average molecular weight is 275 g/mol. The summed E-state index contributed by atoms with van der Waals surface area (Å²) >= 11 is 5.94. The molecule has 0 aromatic heterocycles. The van der Waals surface area contributed by atoms with E-state index in [9.17, 15) is 4.79 Å². The largest absolute Gasteiger partial charge is 0.381 e. The summed E-state index contributed by atoms with van der Waals surface area (Å²) in [5.74, 6) is -0.413. The maximum atomic E-state index is 11.3. The van der Waals surface area contributed by atoms with Crippen molar-refractivity contribution in [2.24, 2.45) is 5.73 Å². The number of carbonyl (C=O) groups excluding carboxylic acids is 1. The molecule has 0 aliphatic rings. The highest BCUT2D eigenvalue weighted by atomic mass is 35.5. The van der Waals surface area contributed by atoms with Crippen LogP contribution in [0, 0.1) is 6.92 Å². The fourth-order valence-electron chi connectivity index (χ4n) is 1.94. The van der Waals surface area contributed by atoms with Crippen molar-refractivity contribution in [2.75, 3.05) is 5.32 Å². The van der Waals surface area contributed by atoms with E-state index < -0.39 is 5.91 Å². The summed E-state index contributed by atoms with van der Waals surface area (Å²) in [6.07, 6.45) is 0. The van der Waals surface area contributed by atoms with Crippen LogP contribution in [-0.4, -0.2) is 5.91 Å². The molecular weight excluding hydrogens is 260 g/mol. The minimum atomic E-state index is -0.413. The Labute approximate surface area is 117 Å². The molecule has 2 rings (SSSR count). The molecule has 0 heterocycles. The van der Waals surface area contributed by atoms with Crippen LogP contribution in [0.4, 0.5) is 5.69 Å². The molecule has 0 aliphatic carbocycles. The van der Waals surface area contributed by atoms with Gasteiger partial charge in [0.1, 0.15) is 0 Å². The zero-order chi connectivity index (χ0) is 13.8. The Balaban J connectivity index is 2.16. The van der Waals surface area contributed by atoms with Gasteiger partial charge < -0.3 is 11.1 Å². The fourth-order valence-corrected chi connectivity index (χ4v) is 2.15. The van der Waals surface area contributed by atoms with E-state index in [-0.39, 0.29) is 0 Å². The minimum Gasteiger partial charge on any atom is -0.381 e. The molecule has 0 atom stereocenters. The third kappa shape index (κ3) is 3.26. The topological polar surface area (TPSA) is 55.1 Å². The summed E-state index contributed by atoms with van der Waals surface area (Å²) in [5.41, 5.74) is 8.70. The van der Waals surface area contributed by atoms with Crippen molar-refractivity contribution in [1.82, 2.24) is 0 Å². The molecule has 0 fully saturated rings. The molecule has 0 radical (unpaired) electrons. The Morgan fingerprint density at radius 3 is 2.68 bits per heavy atom. The van der Waals surface area contributed by atoms with E-state index in [0.29, 0.717) is 17.1 Å². The molecule has 0 saturated heterocycles. The number of rotatable bonds is 4. The number of benzene rings is 2. The van der Waals surface area contributed by atoms with Crippen molar-refractivity contribution < 1.29 is 4.79 Å². The van der Waals surface area contributed by atoms with Gasteiger partial charge in [-0.1, -0.05) is 29.8 Å². The molecular formula is C15H15ClN2O. The number of nitrogens with one attached hydrogen (secondary N) is 1. The highest BCUT2D eigenvalue weighted by Gasteiger charge is 2.07. The van der Waals surface area contributed by atoms with Crippen LogP contribution in [0.25, 0.3) is 0 Å². The summed E-state index contributed by atoms with van der Waals surface area (Å²) in [5, 5.41) is 4.00. The molecule has 0 aliphatic heterocycles. The second-order valence-corrected chi connectivity index (χ2v) is 4.76. The van der Waals surface area contributed by atoms with E-state index in [1.165, 1.54) is 0 Å². The second kappa shape index (κ2) is 5.76. The highest BCUT2D eigenvalue weighted by molar-refractivity contribution is 6.30. The van der Waals surface area contributed by atoms with E-state index in [2.05, 4.69) is 5.32 Å². The lowest BCUT2D eigenvalue weighted by molar-refractivity contribution is 0.1000. The van der Waals surface area contributed by atoms with Gasteiger partial charge in [0.25, 0.3) is 0 Å². The van der Waals surface area contributed by atoms with Gasteiger partial charge in [-0.3, -0.25) is 4.79 Å². The number of amides is 1. The first-order chi connectivity index (χ1) is 9.08. The third-order valence-corrected chi connectivity index (χ3v) is 3.21. The van der Waals surface area contributed by atoms with Crippen molar-refractivity contribution in [3.05, 3.63) is 64.2 Å². The molecule has 4 heteroatoms. The predicted octanol–water partition coefficient (Wildman–Crippen LogP) is 3.36. The van der Waals surface area contributed by atoms with Crippen LogP contribution < -0.4 is 11.1 Å². The van der Waals surface area contributed by atoms with Gasteiger partial charge in [-0.25, -0.2) is 0 Å². The minimum absolute atomic E-state index is 0.413. The Morgan fingerprint density at radius 2 is 2.00 bits per heavy atom. The first-order valence-electron chi connectivity index (χ1n) is 5.95. The van der Waals surface area contributed by atoms with Crippen molar-refractivity contribution in [2.45, 2.75) is 13.5 Å². The number of hydrogen-bond donors (Lipinski definition) is 2. The molecule has 3 nitrogen and oxygen atoms in total. The molecule has 0 saturated carbocycles. The lowest BCUT2D eigenvalue weighted by Crippen LogP contribution is -2.13. The first kappa shape index (κ1) is 13.4. The maximum Gasteiger partial charge on any atom is 0.249 e. The zero-order valence-electron chi connectivity index (χ0n) is 10.6. The Bertz CT molecular complexity index is 611. The van der Waals surface area contributed by atoms with Gasteiger partial charge >= 0.3 is 0 Å². The van der Waals surface area contributed by atoms with Crippen molar-refractivity contribution in [1.29, 1.82) is 0 Å². The van der Waals surface area contributed by atoms with Crippen molar-refractivity contribution >= 4 is 23.2 Å². The highest BCUT2D eigenvalue weighted by Crippen LogP contribution is 2.20. The molecule has 1 amide bonds. The lowest BCUT2D eigenvalue weighted by atomic mass is 10.1. The normalized spacial score (nSPS) is 10.2.